The second-order valence-electron chi connectivity index (χ2n) is 5.59. The van der Waals surface area contributed by atoms with Gasteiger partial charge in [-0.2, -0.15) is 0 Å². The number of nitrogen functional groups attached to an aromatic ring is 1. The van der Waals surface area contributed by atoms with Crippen LogP contribution in [0.1, 0.15) is 31.1 Å². The van der Waals surface area contributed by atoms with E-state index in [1.807, 2.05) is 11.4 Å². The Morgan fingerprint density at radius 3 is 3.09 bits per heavy atom. The van der Waals surface area contributed by atoms with Gasteiger partial charge in [-0.1, -0.05) is 30.7 Å². The zero-order valence-electron chi connectivity index (χ0n) is 12.6. The highest BCUT2D eigenvalue weighted by Gasteiger charge is 2.27. The summed E-state index contributed by atoms with van der Waals surface area (Å²) >= 11 is 9.26. The maximum atomic E-state index is 6.06. The number of rotatable bonds is 5. The van der Waals surface area contributed by atoms with Crippen molar-refractivity contribution in [2.24, 2.45) is 0 Å². The minimum Gasteiger partial charge on any atom is -0.375 e. The fraction of sp³-hybridized carbons (Fsp3) is 0.438. The number of thiazole rings is 1. The van der Waals surface area contributed by atoms with Gasteiger partial charge in [-0.15, -0.1) is 22.7 Å². The molecule has 118 valence electrons. The summed E-state index contributed by atoms with van der Waals surface area (Å²) in [6, 6.07) is 2.46. The molecule has 0 aliphatic carbocycles. The van der Waals surface area contributed by atoms with E-state index in [1.54, 1.807) is 22.7 Å². The Morgan fingerprint density at radius 1 is 1.59 bits per heavy atom. The third kappa shape index (κ3) is 3.23. The molecular weight excluding hydrogens is 334 g/mol. The summed E-state index contributed by atoms with van der Waals surface area (Å²) in [5, 5.41) is 3.32. The quantitative estimate of drug-likeness (QED) is 0.766. The summed E-state index contributed by atoms with van der Waals surface area (Å²) in [7, 11) is 0. The lowest BCUT2D eigenvalue weighted by Gasteiger charge is -2.25. The number of thiophene rings is 1. The van der Waals surface area contributed by atoms with E-state index in [0.717, 1.165) is 35.1 Å². The Morgan fingerprint density at radius 2 is 2.41 bits per heavy atom. The molecule has 22 heavy (non-hydrogen) atoms. The molecule has 0 spiro atoms. The number of nitrogens with zero attached hydrogens (tertiary/aromatic N) is 2. The molecule has 1 saturated heterocycles. The van der Waals surface area contributed by atoms with Gasteiger partial charge in [-0.3, -0.25) is 4.90 Å². The Hall–Kier alpha value is -0.880. The van der Waals surface area contributed by atoms with Crippen molar-refractivity contribution < 1.29 is 0 Å². The number of hydrogen-bond donors (Lipinski definition) is 1. The van der Waals surface area contributed by atoms with Crippen LogP contribution in [0.15, 0.2) is 23.6 Å². The summed E-state index contributed by atoms with van der Waals surface area (Å²) in [4.78, 5) is 9.36. The van der Waals surface area contributed by atoms with E-state index in [-0.39, 0.29) is 0 Å². The molecule has 2 aromatic rings. The van der Waals surface area contributed by atoms with Crippen LogP contribution in [0, 0.1) is 0 Å². The lowest BCUT2D eigenvalue weighted by atomic mass is 10.0. The van der Waals surface area contributed by atoms with Crippen molar-refractivity contribution >= 4 is 39.4 Å². The van der Waals surface area contributed by atoms with Gasteiger partial charge in [0.05, 0.1) is 15.6 Å². The minimum atomic E-state index is 0.494. The van der Waals surface area contributed by atoms with Gasteiger partial charge in [0.25, 0.3) is 0 Å². The van der Waals surface area contributed by atoms with Crippen LogP contribution in [0.5, 0.6) is 0 Å². The van der Waals surface area contributed by atoms with E-state index in [1.165, 1.54) is 23.3 Å². The summed E-state index contributed by atoms with van der Waals surface area (Å²) in [5.74, 6) is 0. The molecular formula is C16H20ClN3S2. The lowest BCUT2D eigenvalue weighted by Crippen LogP contribution is -2.29. The van der Waals surface area contributed by atoms with Crippen molar-refractivity contribution in [3.8, 4) is 10.6 Å². The largest absolute Gasteiger partial charge is 0.375 e. The third-order valence-electron chi connectivity index (χ3n) is 4.15. The number of hydrogen-bond acceptors (Lipinski definition) is 5. The zero-order valence-corrected chi connectivity index (χ0v) is 15.0. The van der Waals surface area contributed by atoms with Crippen molar-refractivity contribution in [3.05, 3.63) is 33.5 Å². The summed E-state index contributed by atoms with van der Waals surface area (Å²) < 4.78 is 0. The molecule has 1 aliphatic rings. The maximum Gasteiger partial charge on any atom is 0.180 e. The molecule has 0 unspecified atom stereocenters. The van der Waals surface area contributed by atoms with Crippen LogP contribution in [0.25, 0.3) is 10.6 Å². The molecule has 6 heteroatoms. The fourth-order valence-corrected chi connectivity index (χ4v) is 5.03. The number of anilines is 1. The van der Waals surface area contributed by atoms with E-state index >= 15 is 0 Å². The normalized spacial score (nSPS) is 18.9. The monoisotopic (exact) mass is 353 g/mol. The number of aromatic nitrogens is 1. The highest BCUT2D eigenvalue weighted by molar-refractivity contribution is 7.17. The third-order valence-corrected chi connectivity index (χ3v) is 6.30. The Labute approximate surface area is 144 Å². The maximum absolute atomic E-state index is 6.06. The molecule has 3 heterocycles. The average molecular weight is 354 g/mol. The van der Waals surface area contributed by atoms with Crippen LogP contribution in [-0.2, 0) is 6.54 Å². The Balaban J connectivity index is 1.85. The van der Waals surface area contributed by atoms with Crippen molar-refractivity contribution in [3.63, 3.8) is 0 Å². The topological polar surface area (TPSA) is 42.1 Å². The second-order valence-corrected chi connectivity index (χ2v) is 8.06. The highest BCUT2D eigenvalue weighted by Crippen LogP contribution is 2.37. The van der Waals surface area contributed by atoms with Crippen LogP contribution in [0.2, 0.25) is 5.02 Å². The summed E-state index contributed by atoms with van der Waals surface area (Å²) in [6.07, 6.45) is 3.48. The predicted molar refractivity (Wildman–Crippen MR) is 97.7 cm³/mol. The van der Waals surface area contributed by atoms with Crippen LogP contribution < -0.4 is 5.73 Å². The molecule has 0 radical (unpaired) electrons. The van der Waals surface area contributed by atoms with Crippen LogP contribution in [-0.4, -0.2) is 22.5 Å². The van der Waals surface area contributed by atoms with E-state index in [0.29, 0.717) is 11.2 Å². The average Bonchev–Trinajstić information content (AvgIpc) is 3.19. The molecule has 0 amide bonds. The molecule has 0 aromatic carbocycles. The number of likely N-dealkylation sites (tertiary alicyclic amines) is 1. The number of halogens is 1. The highest BCUT2D eigenvalue weighted by atomic mass is 35.5. The standard InChI is InChI=1S/C16H20ClN3S2/c1-3-10(2)12-5-4-6-20(12)8-14-15(19-16(18)22-14)13-7-11(17)9-21-13/h7,9,12H,2-6,8H2,1H3,(H2,18,19)/t12-/m0/s1. The van der Waals surface area contributed by atoms with Crippen LogP contribution >= 0.6 is 34.3 Å². The van der Waals surface area contributed by atoms with Gasteiger partial charge in [0.2, 0.25) is 0 Å². The minimum absolute atomic E-state index is 0.494. The van der Waals surface area contributed by atoms with Crippen LogP contribution in [0.4, 0.5) is 5.13 Å². The van der Waals surface area contributed by atoms with E-state index in [4.69, 9.17) is 17.3 Å². The number of nitrogens with two attached hydrogens (primary N) is 1. The molecule has 2 aromatic heterocycles. The van der Waals surface area contributed by atoms with Crippen molar-refractivity contribution in [2.45, 2.75) is 38.8 Å². The first-order valence-electron chi connectivity index (χ1n) is 7.49. The van der Waals surface area contributed by atoms with Gasteiger partial charge in [0, 0.05) is 22.8 Å². The smallest absolute Gasteiger partial charge is 0.180 e. The molecule has 1 atom stereocenters. The molecule has 1 fully saturated rings. The summed E-state index contributed by atoms with van der Waals surface area (Å²) in [6.45, 7) is 8.43. The van der Waals surface area contributed by atoms with Gasteiger partial charge in [-0.05, 0) is 31.9 Å². The van der Waals surface area contributed by atoms with Gasteiger partial charge in [-0.25, -0.2) is 4.98 Å². The van der Waals surface area contributed by atoms with Crippen molar-refractivity contribution in [1.82, 2.24) is 9.88 Å². The molecule has 3 rings (SSSR count). The molecule has 1 aliphatic heterocycles. The van der Waals surface area contributed by atoms with Gasteiger partial charge in [0.1, 0.15) is 0 Å². The zero-order chi connectivity index (χ0) is 15.7. The van der Waals surface area contributed by atoms with Gasteiger partial charge < -0.3 is 5.73 Å². The molecule has 0 saturated carbocycles. The predicted octanol–water partition coefficient (Wildman–Crippen LogP) is 5.04. The molecule has 3 nitrogen and oxygen atoms in total. The van der Waals surface area contributed by atoms with Crippen LogP contribution in [0.3, 0.4) is 0 Å². The Kier molecular flexibility index (Phi) is 4.88. The first kappa shape index (κ1) is 16.0. The van der Waals surface area contributed by atoms with E-state index in [2.05, 4.69) is 23.4 Å². The van der Waals surface area contributed by atoms with Crippen molar-refractivity contribution in [1.29, 1.82) is 0 Å². The summed E-state index contributed by atoms with van der Waals surface area (Å²) in [5.41, 5.74) is 8.28. The first-order chi connectivity index (χ1) is 10.6. The first-order valence-corrected chi connectivity index (χ1v) is 9.57. The lowest BCUT2D eigenvalue weighted by molar-refractivity contribution is 0.272. The van der Waals surface area contributed by atoms with Gasteiger partial charge in [0.15, 0.2) is 5.13 Å². The molecule has 0 bridgehead atoms. The second kappa shape index (κ2) is 6.71. The Bertz CT molecular complexity index is 677. The fourth-order valence-electron chi connectivity index (χ4n) is 3.00. The molecule has 2 N–H and O–H groups in total. The van der Waals surface area contributed by atoms with Crippen molar-refractivity contribution in [2.75, 3.05) is 12.3 Å². The van der Waals surface area contributed by atoms with E-state index < -0.39 is 0 Å². The SMILES string of the molecule is C=C(CC)[C@@H]1CCCN1Cc1sc(N)nc1-c1cc(Cl)cs1. The van der Waals surface area contributed by atoms with Gasteiger partial charge >= 0.3 is 0 Å². The van der Waals surface area contributed by atoms with E-state index in [9.17, 15) is 0 Å².